The summed E-state index contributed by atoms with van der Waals surface area (Å²) < 4.78 is 0. The maximum atomic E-state index is 3.56. The molecule has 0 aromatic heterocycles. The summed E-state index contributed by atoms with van der Waals surface area (Å²) in [6, 6.07) is 0. The van der Waals surface area contributed by atoms with Gasteiger partial charge in [-0.3, -0.25) is 0 Å². The average molecular weight is 150 g/mol. The van der Waals surface area contributed by atoms with Gasteiger partial charge in [0.2, 0.25) is 0 Å². The van der Waals surface area contributed by atoms with E-state index in [4.69, 9.17) is 0 Å². The van der Waals surface area contributed by atoms with Crippen LogP contribution in [0.25, 0.3) is 0 Å². The van der Waals surface area contributed by atoms with Gasteiger partial charge < -0.3 is 0 Å². The molecule has 0 nitrogen and oxygen atoms in total. The summed E-state index contributed by atoms with van der Waals surface area (Å²) >= 11 is 0. The van der Waals surface area contributed by atoms with Gasteiger partial charge in [0, 0.05) is 0 Å². The average Bonchev–Trinajstić information content (AvgIpc) is 2.06. The molecule has 0 aromatic carbocycles. The molecule has 62 valence electrons. The minimum absolute atomic E-state index is 1.23. The van der Waals surface area contributed by atoms with Crippen LogP contribution in [0.3, 0.4) is 0 Å². The Bertz CT molecular complexity index is 147. The molecule has 0 radical (unpaired) electrons. The molecule has 0 heteroatoms. The molecule has 0 unspecified atom stereocenters. The first kappa shape index (κ1) is 12.6. The zero-order chi connectivity index (χ0) is 9.11. The minimum Gasteiger partial charge on any atom is -0.0991 e. The highest BCUT2D eigenvalue weighted by Gasteiger charge is 1.66. The van der Waals surface area contributed by atoms with E-state index in [1.165, 1.54) is 5.57 Å². The highest BCUT2D eigenvalue weighted by molar-refractivity contribution is 5.10. The van der Waals surface area contributed by atoms with Gasteiger partial charge in [0.25, 0.3) is 0 Å². The van der Waals surface area contributed by atoms with E-state index in [2.05, 4.69) is 13.2 Å². The van der Waals surface area contributed by atoms with Crippen molar-refractivity contribution in [3.63, 3.8) is 0 Å². The predicted octanol–water partition coefficient (Wildman–Crippen LogP) is 3.89. The molecule has 0 aromatic rings. The van der Waals surface area contributed by atoms with Gasteiger partial charge in [0.05, 0.1) is 0 Å². The largest absolute Gasteiger partial charge is 0.0991 e. The van der Waals surface area contributed by atoms with Crippen molar-refractivity contribution >= 4 is 0 Å². The first-order valence-electron chi connectivity index (χ1n) is 3.72. The Labute approximate surface area is 70.6 Å². The molecule has 0 atom stereocenters. The fourth-order valence-corrected chi connectivity index (χ4v) is 0.254. The molecule has 0 aliphatic rings. The van der Waals surface area contributed by atoms with Gasteiger partial charge >= 0.3 is 0 Å². The Kier molecular flexibility index (Phi) is 13.4. The van der Waals surface area contributed by atoms with Crippen LogP contribution in [0.2, 0.25) is 0 Å². The van der Waals surface area contributed by atoms with Crippen molar-refractivity contribution in [2.24, 2.45) is 0 Å². The Morgan fingerprint density at radius 1 is 1.18 bits per heavy atom. The molecular formula is C11H18. The van der Waals surface area contributed by atoms with Crippen LogP contribution in [0.1, 0.15) is 20.8 Å². The topological polar surface area (TPSA) is 0 Å². The molecule has 0 amide bonds. The van der Waals surface area contributed by atoms with Crippen molar-refractivity contribution in [3.8, 4) is 0 Å². The van der Waals surface area contributed by atoms with E-state index in [1.54, 1.807) is 6.08 Å². The van der Waals surface area contributed by atoms with Crippen LogP contribution in [0.5, 0.6) is 0 Å². The molecule has 0 aliphatic heterocycles. The van der Waals surface area contributed by atoms with E-state index in [9.17, 15) is 0 Å². The second kappa shape index (κ2) is 11.7. The lowest BCUT2D eigenvalue weighted by molar-refractivity contribution is 1.49. The van der Waals surface area contributed by atoms with Gasteiger partial charge in [0.1, 0.15) is 0 Å². The van der Waals surface area contributed by atoms with E-state index in [-0.39, 0.29) is 0 Å². The number of hydrogen-bond donors (Lipinski definition) is 0. The van der Waals surface area contributed by atoms with Crippen molar-refractivity contribution in [3.05, 3.63) is 49.1 Å². The minimum atomic E-state index is 1.23. The van der Waals surface area contributed by atoms with Crippen LogP contribution in [0.4, 0.5) is 0 Å². The monoisotopic (exact) mass is 150 g/mol. The third-order valence-corrected chi connectivity index (χ3v) is 1.11. The predicted molar refractivity (Wildman–Crippen MR) is 54.6 cm³/mol. The second-order valence-corrected chi connectivity index (χ2v) is 2.00. The van der Waals surface area contributed by atoms with E-state index in [0.717, 1.165) is 0 Å². The molecule has 0 rings (SSSR count). The van der Waals surface area contributed by atoms with Gasteiger partial charge in [-0.05, 0) is 20.8 Å². The summed E-state index contributed by atoms with van der Waals surface area (Å²) in [5.41, 5.74) is 1.23. The molecule has 0 spiro atoms. The summed E-state index contributed by atoms with van der Waals surface area (Å²) in [5.74, 6) is 0. The molecular weight excluding hydrogens is 132 g/mol. The lowest BCUT2D eigenvalue weighted by Gasteiger charge is -1.78. The second-order valence-electron chi connectivity index (χ2n) is 2.00. The first-order valence-corrected chi connectivity index (χ1v) is 3.72. The molecule has 0 bridgehead atoms. The number of rotatable bonds is 2. The molecule has 11 heavy (non-hydrogen) atoms. The van der Waals surface area contributed by atoms with E-state index < -0.39 is 0 Å². The van der Waals surface area contributed by atoms with Crippen molar-refractivity contribution in [2.45, 2.75) is 20.8 Å². The standard InChI is InChI=1S/C6H10.C5H8/c1-4-6(3)5-2;1-3-5-4-2/h4-5H,1H2,2-3H3;3-5H,1H2,2H3. The fourth-order valence-electron chi connectivity index (χ4n) is 0.254. The molecule has 0 saturated carbocycles. The van der Waals surface area contributed by atoms with Crippen LogP contribution < -0.4 is 0 Å². The van der Waals surface area contributed by atoms with E-state index in [0.29, 0.717) is 0 Å². The quantitative estimate of drug-likeness (QED) is 0.524. The smallest absolute Gasteiger partial charge is 0.0401 e. The number of allylic oxidation sites excluding steroid dienone is 6. The zero-order valence-electron chi connectivity index (χ0n) is 7.80. The summed E-state index contributed by atoms with van der Waals surface area (Å²) in [5, 5.41) is 0. The first-order chi connectivity index (χ1) is 5.22. The summed E-state index contributed by atoms with van der Waals surface area (Å²) in [6.45, 7) is 13.0. The molecule has 0 saturated heterocycles. The van der Waals surface area contributed by atoms with E-state index >= 15 is 0 Å². The van der Waals surface area contributed by atoms with Crippen molar-refractivity contribution in [1.82, 2.24) is 0 Å². The van der Waals surface area contributed by atoms with Gasteiger partial charge in [-0.15, -0.1) is 0 Å². The third-order valence-electron chi connectivity index (χ3n) is 1.11. The van der Waals surface area contributed by atoms with Crippen LogP contribution >= 0.6 is 0 Å². The maximum Gasteiger partial charge on any atom is -0.0401 e. The Morgan fingerprint density at radius 2 is 1.73 bits per heavy atom. The number of hydrogen-bond acceptors (Lipinski definition) is 0. The van der Waals surface area contributed by atoms with Crippen molar-refractivity contribution in [1.29, 1.82) is 0 Å². The van der Waals surface area contributed by atoms with Crippen LogP contribution in [0, 0.1) is 0 Å². The van der Waals surface area contributed by atoms with Crippen LogP contribution in [-0.4, -0.2) is 0 Å². The molecule has 0 N–H and O–H groups in total. The van der Waals surface area contributed by atoms with Gasteiger partial charge in [-0.25, -0.2) is 0 Å². The Balaban J connectivity index is 0. The van der Waals surface area contributed by atoms with Crippen LogP contribution in [-0.2, 0) is 0 Å². The zero-order valence-corrected chi connectivity index (χ0v) is 7.80. The van der Waals surface area contributed by atoms with Gasteiger partial charge in [0.15, 0.2) is 0 Å². The van der Waals surface area contributed by atoms with Crippen molar-refractivity contribution < 1.29 is 0 Å². The summed E-state index contributed by atoms with van der Waals surface area (Å²) in [4.78, 5) is 0. The highest BCUT2D eigenvalue weighted by atomic mass is 13.7. The lowest BCUT2D eigenvalue weighted by atomic mass is 10.3. The summed E-state index contributed by atoms with van der Waals surface area (Å²) in [7, 11) is 0. The highest BCUT2D eigenvalue weighted by Crippen LogP contribution is 1.88. The third kappa shape index (κ3) is 17.6. The molecule has 0 heterocycles. The molecule has 0 aliphatic carbocycles. The molecule has 0 fully saturated rings. The Morgan fingerprint density at radius 3 is 1.73 bits per heavy atom. The summed E-state index contributed by atoms with van der Waals surface area (Å²) in [6.07, 6.45) is 9.43. The normalized spacial score (nSPS) is 10.3. The van der Waals surface area contributed by atoms with Crippen molar-refractivity contribution in [2.75, 3.05) is 0 Å². The van der Waals surface area contributed by atoms with E-state index in [1.807, 2.05) is 45.1 Å². The Hall–Kier alpha value is -1.04. The van der Waals surface area contributed by atoms with Gasteiger partial charge in [-0.2, -0.15) is 0 Å². The van der Waals surface area contributed by atoms with Crippen LogP contribution in [0.15, 0.2) is 49.1 Å². The van der Waals surface area contributed by atoms with Gasteiger partial charge in [-0.1, -0.05) is 49.1 Å². The lowest BCUT2D eigenvalue weighted by Crippen LogP contribution is -1.57. The fraction of sp³-hybridized carbons (Fsp3) is 0.273. The SMILES string of the molecule is C=CC(C)=CC.C=CC=CC. The maximum absolute atomic E-state index is 3.56.